The van der Waals surface area contributed by atoms with Gasteiger partial charge in [0, 0.05) is 24.4 Å². The third-order valence-electron chi connectivity index (χ3n) is 5.12. The lowest BCUT2D eigenvalue weighted by atomic mass is 9.88. The van der Waals surface area contributed by atoms with Crippen molar-refractivity contribution in [2.24, 2.45) is 0 Å². The second-order valence-corrected chi connectivity index (χ2v) is 7.51. The molecule has 0 radical (unpaired) electrons. The molecule has 0 aromatic heterocycles. The molecule has 4 rings (SSSR count). The zero-order chi connectivity index (χ0) is 12.0. The van der Waals surface area contributed by atoms with Crippen molar-refractivity contribution in [1.82, 2.24) is 5.32 Å². The van der Waals surface area contributed by atoms with E-state index in [0.717, 1.165) is 6.61 Å². The van der Waals surface area contributed by atoms with Crippen LogP contribution in [0.1, 0.15) is 38.5 Å². The molecule has 0 aromatic carbocycles. The fraction of sp³-hybridized carbons (Fsp3) is 1.00. The zero-order valence-corrected chi connectivity index (χ0v) is 11.7. The van der Waals surface area contributed by atoms with Crippen LogP contribution in [0.4, 0.5) is 0 Å². The van der Waals surface area contributed by atoms with Crippen molar-refractivity contribution < 1.29 is 9.47 Å². The van der Waals surface area contributed by atoms with Crippen LogP contribution < -0.4 is 5.32 Å². The van der Waals surface area contributed by atoms with Gasteiger partial charge in [-0.3, -0.25) is 0 Å². The standard InChI is InChI=1S/C14H23NO2S/c1-2-13-12(7-11(1)17-13)15-10-3-5-16-14(8-10)4-6-18-9-14/h10-13,15H,1-9H2. The summed E-state index contributed by atoms with van der Waals surface area (Å²) in [5.74, 6) is 2.49. The van der Waals surface area contributed by atoms with Gasteiger partial charge in [0.25, 0.3) is 0 Å². The minimum Gasteiger partial charge on any atom is -0.374 e. The molecule has 5 atom stereocenters. The van der Waals surface area contributed by atoms with Crippen LogP contribution in [0.25, 0.3) is 0 Å². The Kier molecular flexibility index (Phi) is 3.10. The molecular formula is C14H23NO2S. The van der Waals surface area contributed by atoms with Crippen LogP contribution in [-0.4, -0.2) is 48.0 Å². The lowest BCUT2D eigenvalue weighted by Gasteiger charge is -2.39. The molecule has 4 heterocycles. The molecule has 4 saturated heterocycles. The number of hydrogen-bond acceptors (Lipinski definition) is 4. The number of hydrogen-bond donors (Lipinski definition) is 1. The van der Waals surface area contributed by atoms with Crippen molar-refractivity contribution in [3.05, 3.63) is 0 Å². The zero-order valence-electron chi connectivity index (χ0n) is 10.9. The van der Waals surface area contributed by atoms with Gasteiger partial charge in [-0.15, -0.1) is 0 Å². The first-order chi connectivity index (χ1) is 8.83. The lowest BCUT2D eigenvalue weighted by Crippen LogP contribution is -2.51. The van der Waals surface area contributed by atoms with Crippen molar-refractivity contribution in [2.75, 3.05) is 18.1 Å². The number of nitrogens with one attached hydrogen (secondary N) is 1. The average molecular weight is 269 g/mol. The van der Waals surface area contributed by atoms with E-state index >= 15 is 0 Å². The molecule has 0 aliphatic carbocycles. The van der Waals surface area contributed by atoms with E-state index < -0.39 is 0 Å². The fourth-order valence-corrected chi connectivity index (χ4v) is 5.53. The summed E-state index contributed by atoms with van der Waals surface area (Å²) >= 11 is 2.06. The van der Waals surface area contributed by atoms with E-state index in [1.165, 1.54) is 50.0 Å². The summed E-state index contributed by atoms with van der Waals surface area (Å²) in [6.45, 7) is 0.944. The molecule has 1 spiro atoms. The Morgan fingerprint density at radius 3 is 2.94 bits per heavy atom. The van der Waals surface area contributed by atoms with E-state index in [4.69, 9.17) is 9.47 Å². The van der Waals surface area contributed by atoms with Gasteiger partial charge in [0.05, 0.1) is 17.8 Å². The summed E-state index contributed by atoms with van der Waals surface area (Å²) in [5, 5.41) is 3.89. The molecule has 0 aromatic rings. The molecule has 0 amide bonds. The van der Waals surface area contributed by atoms with Gasteiger partial charge in [-0.1, -0.05) is 0 Å². The van der Waals surface area contributed by atoms with Crippen molar-refractivity contribution >= 4 is 11.8 Å². The minimum atomic E-state index is 0.207. The van der Waals surface area contributed by atoms with Gasteiger partial charge in [0.1, 0.15) is 0 Å². The van der Waals surface area contributed by atoms with Crippen LogP contribution in [0.15, 0.2) is 0 Å². The van der Waals surface area contributed by atoms with Crippen LogP contribution in [0, 0.1) is 0 Å². The third-order valence-corrected chi connectivity index (χ3v) is 6.34. The van der Waals surface area contributed by atoms with Gasteiger partial charge in [0.2, 0.25) is 0 Å². The van der Waals surface area contributed by atoms with Gasteiger partial charge in [-0.25, -0.2) is 0 Å². The predicted molar refractivity (Wildman–Crippen MR) is 73.1 cm³/mol. The topological polar surface area (TPSA) is 30.5 Å². The van der Waals surface area contributed by atoms with Gasteiger partial charge in [-0.05, 0) is 44.3 Å². The highest BCUT2D eigenvalue weighted by Gasteiger charge is 2.44. The highest BCUT2D eigenvalue weighted by Crippen LogP contribution is 2.40. The predicted octanol–water partition coefficient (Wildman–Crippen LogP) is 1.95. The van der Waals surface area contributed by atoms with Crippen molar-refractivity contribution in [3.8, 4) is 0 Å². The van der Waals surface area contributed by atoms with Gasteiger partial charge in [-0.2, -0.15) is 11.8 Å². The second kappa shape index (κ2) is 4.65. The third kappa shape index (κ3) is 2.11. The highest BCUT2D eigenvalue weighted by molar-refractivity contribution is 7.99. The first-order valence-electron chi connectivity index (χ1n) is 7.46. The van der Waals surface area contributed by atoms with E-state index in [0.29, 0.717) is 24.3 Å². The minimum absolute atomic E-state index is 0.207. The quantitative estimate of drug-likeness (QED) is 0.830. The maximum absolute atomic E-state index is 6.09. The molecule has 102 valence electrons. The van der Waals surface area contributed by atoms with Gasteiger partial charge < -0.3 is 14.8 Å². The Labute approximate surface area is 113 Å². The van der Waals surface area contributed by atoms with Crippen LogP contribution >= 0.6 is 11.8 Å². The molecule has 4 heteroatoms. The molecule has 3 nitrogen and oxygen atoms in total. The van der Waals surface area contributed by atoms with Crippen molar-refractivity contribution in [1.29, 1.82) is 0 Å². The molecule has 18 heavy (non-hydrogen) atoms. The van der Waals surface area contributed by atoms with Gasteiger partial charge >= 0.3 is 0 Å². The van der Waals surface area contributed by atoms with Crippen molar-refractivity contribution in [3.63, 3.8) is 0 Å². The van der Waals surface area contributed by atoms with E-state index in [1.807, 2.05) is 0 Å². The van der Waals surface area contributed by atoms with Crippen LogP contribution in [0.5, 0.6) is 0 Å². The Balaban J connectivity index is 1.37. The summed E-state index contributed by atoms with van der Waals surface area (Å²) in [5.41, 5.74) is 0.207. The Morgan fingerprint density at radius 2 is 2.22 bits per heavy atom. The summed E-state index contributed by atoms with van der Waals surface area (Å²) < 4.78 is 12.0. The normalized spacial score (nSPS) is 51.3. The van der Waals surface area contributed by atoms with Gasteiger partial charge in [0.15, 0.2) is 0 Å². The molecule has 1 N–H and O–H groups in total. The van der Waals surface area contributed by atoms with E-state index in [1.54, 1.807) is 0 Å². The summed E-state index contributed by atoms with van der Waals surface area (Å²) in [6, 6.07) is 1.28. The number of rotatable bonds is 2. The van der Waals surface area contributed by atoms with E-state index in [2.05, 4.69) is 17.1 Å². The monoisotopic (exact) mass is 269 g/mol. The maximum Gasteiger partial charge on any atom is 0.0795 e. The summed E-state index contributed by atoms with van der Waals surface area (Å²) in [6.07, 6.45) is 8.51. The summed E-state index contributed by atoms with van der Waals surface area (Å²) in [7, 11) is 0. The number of ether oxygens (including phenoxy) is 2. The smallest absolute Gasteiger partial charge is 0.0795 e. The number of fused-ring (bicyclic) bond motifs is 2. The SMILES string of the molecule is C1CC(NC2CC3CCC2O3)CC2(CCSC2)O1. The first-order valence-corrected chi connectivity index (χ1v) is 8.62. The fourth-order valence-electron chi connectivity index (χ4n) is 4.15. The van der Waals surface area contributed by atoms with E-state index in [-0.39, 0.29) is 5.60 Å². The van der Waals surface area contributed by atoms with Crippen LogP contribution in [-0.2, 0) is 9.47 Å². The molecule has 5 unspecified atom stereocenters. The largest absolute Gasteiger partial charge is 0.374 e. The molecule has 0 saturated carbocycles. The Morgan fingerprint density at radius 1 is 1.22 bits per heavy atom. The summed E-state index contributed by atoms with van der Waals surface area (Å²) in [4.78, 5) is 0. The highest BCUT2D eigenvalue weighted by atomic mass is 32.2. The Bertz CT molecular complexity index is 319. The Hall–Kier alpha value is 0.230. The maximum atomic E-state index is 6.09. The first kappa shape index (κ1) is 12.0. The second-order valence-electron chi connectivity index (χ2n) is 6.41. The molecule has 4 fully saturated rings. The molecule has 2 bridgehead atoms. The lowest BCUT2D eigenvalue weighted by molar-refractivity contribution is -0.0721. The van der Waals surface area contributed by atoms with Crippen LogP contribution in [0.2, 0.25) is 0 Å². The van der Waals surface area contributed by atoms with Crippen molar-refractivity contribution in [2.45, 2.75) is 68.4 Å². The van der Waals surface area contributed by atoms with Crippen LogP contribution in [0.3, 0.4) is 0 Å². The average Bonchev–Trinajstić information content (AvgIpc) is 3.06. The molecule has 4 aliphatic heterocycles. The molecular weight excluding hydrogens is 246 g/mol. The molecule has 4 aliphatic rings. The van der Waals surface area contributed by atoms with E-state index in [9.17, 15) is 0 Å². The number of thioether (sulfide) groups is 1.